The Hall–Kier alpha value is -3.92. The van der Waals surface area contributed by atoms with Gasteiger partial charge in [-0.1, -0.05) is 103 Å². The molecule has 5 aromatic carbocycles. The van der Waals surface area contributed by atoms with Crippen LogP contribution in [0.3, 0.4) is 0 Å². The molecule has 0 aliphatic heterocycles. The molecule has 190 valence electrons. The molecule has 0 spiro atoms. The van der Waals surface area contributed by atoms with E-state index in [-0.39, 0.29) is 0 Å². The van der Waals surface area contributed by atoms with Gasteiger partial charge in [0.15, 0.2) is 0 Å². The Morgan fingerprint density at radius 2 is 0.921 bits per heavy atom. The van der Waals surface area contributed by atoms with Crippen LogP contribution in [-0.2, 0) is 10.7 Å². The highest BCUT2D eigenvalue weighted by atomic mass is 31.2. The second-order valence-electron chi connectivity index (χ2n) is 8.95. The van der Waals surface area contributed by atoms with Crippen molar-refractivity contribution in [3.63, 3.8) is 0 Å². The second kappa shape index (κ2) is 10.8. The zero-order valence-electron chi connectivity index (χ0n) is 20.3. The summed E-state index contributed by atoms with van der Waals surface area (Å²) in [6, 6.07) is 40.4. The van der Waals surface area contributed by atoms with Gasteiger partial charge in [0.25, 0.3) is 0 Å². The number of hydrogen-bond acceptors (Lipinski definition) is 1. The van der Waals surface area contributed by atoms with Crippen molar-refractivity contribution in [2.45, 2.75) is 12.2 Å². The van der Waals surface area contributed by atoms with Crippen molar-refractivity contribution in [1.82, 2.24) is 5.09 Å². The van der Waals surface area contributed by atoms with Gasteiger partial charge in [-0.3, -0.25) is 4.57 Å². The summed E-state index contributed by atoms with van der Waals surface area (Å²) in [4.78, 5) is 0. The largest absolute Gasteiger partial charge is 0.416 e. The number of benzene rings is 5. The Morgan fingerprint density at radius 1 is 0.526 bits per heavy atom. The minimum atomic E-state index is -4.44. The summed E-state index contributed by atoms with van der Waals surface area (Å²) in [7, 11) is -3.40. The van der Waals surface area contributed by atoms with Crippen molar-refractivity contribution in [1.29, 1.82) is 0 Å². The van der Waals surface area contributed by atoms with E-state index in [1.165, 1.54) is 12.1 Å². The molecule has 0 bridgehead atoms. The molecule has 0 aromatic heterocycles. The summed E-state index contributed by atoms with van der Waals surface area (Å²) in [5.74, 6) is 0. The molecule has 38 heavy (non-hydrogen) atoms. The van der Waals surface area contributed by atoms with Gasteiger partial charge in [-0.25, -0.2) is 5.09 Å². The van der Waals surface area contributed by atoms with Gasteiger partial charge in [-0.15, -0.1) is 0 Å². The summed E-state index contributed by atoms with van der Waals surface area (Å²) in [5.41, 5.74) is 2.70. The Labute approximate surface area is 220 Å². The molecular formula is C32H25F3NOP. The molecule has 6 heteroatoms. The Kier molecular flexibility index (Phi) is 7.33. The van der Waals surface area contributed by atoms with Crippen LogP contribution in [0.15, 0.2) is 140 Å². The maximum Gasteiger partial charge on any atom is 0.416 e. The van der Waals surface area contributed by atoms with E-state index in [9.17, 15) is 17.7 Å². The molecule has 1 atom stereocenters. The van der Waals surface area contributed by atoms with E-state index in [0.717, 1.165) is 28.8 Å². The highest BCUT2D eigenvalue weighted by molar-refractivity contribution is 7.76. The zero-order chi connectivity index (χ0) is 26.6. The first-order valence-corrected chi connectivity index (χ1v) is 13.9. The van der Waals surface area contributed by atoms with Crippen LogP contribution in [0.1, 0.15) is 22.7 Å². The maximum atomic E-state index is 14.8. The third-order valence-electron chi connectivity index (χ3n) is 6.47. The molecule has 0 radical (unpaired) electrons. The number of rotatable bonds is 7. The predicted molar refractivity (Wildman–Crippen MR) is 148 cm³/mol. The van der Waals surface area contributed by atoms with Gasteiger partial charge < -0.3 is 0 Å². The molecule has 0 amide bonds. The first-order chi connectivity index (χ1) is 18.3. The van der Waals surface area contributed by atoms with Gasteiger partial charge in [-0.05, 0) is 58.7 Å². The molecule has 1 N–H and O–H groups in total. The smallest absolute Gasteiger partial charge is 0.296 e. The quantitative estimate of drug-likeness (QED) is 0.218. The van der Waals surface area contributed by atoms with E-state index in [0.29, 0.717) is 16.2 Å². The molecule has 0 saturated carbocycles. The normalized spacial score (nSPS) is 12.7. The van der Waals surface area contributed by atoms with E-state index in [1.54, 1.807) is 0 Å². The van der Waals surface area contributed by atoms with Crippen molar-refractivity contribution in [2.75, 3.05) is 0 Å². The van der Waals surface area contributed by atoms with Crippen LogP contribution < -0.4 is 15.7 Å². The molecule has 2 nitrogen and oxygen atoms in total. The van der Waals surface area contributed by atoms with Crippen LogP contribution in [0.2, 0.25) is 0 Å². The average Bonchev–Trinajstić information content (AvgIpc) is 2.97. The number of nitrogens with one attached hydrogen (secondary N) is 1. The van der Waals surface area contributed by atoms with Crippen LogP contribution >= 0.6 is 7.29 Å². The van der Waals surface area contributed by atoms with Gasteiger partial charge in [-0.2, -0.15) is 13.2 Å². The number of alkyl halides is 3. The van der Waals surface area contributed by atoms with Crippen LogP contribution in [-0.4, -0.2) is 0 Å². The molecule has 5 aromatic rings. The Balaban J connectivity index is 1.61. The SMILES string of the molecule is O=P(N[C@H](c1ccc(-c2ccccc2)cc1)c1ccc(C(F)(F)F)cc1)(c1ccccc1)c1ccccc1. The third-order valence-corrected chi connectivity index (χ3v) is 9.15. The monoisotopic (exact) mass is 527 g/mol. The van der Waals surface area contributed by atoms with Crippen molar-refractivity contribution in [3.8, 4) is 11.1 Å². The fraction of sp³-hybridized carbons (Fsp3) is 0.0625. The second-order valence-corrected chi connectivity index (χ2v) is 11.5. The van der Waals surface area contributed by atoms with Crippen molar-refractivity contribution >= 4 is 17.9 Å². The number of halogens is 3. The standard InChI is InChI=1S/C32H25F3NOP/c33-32(34,35)28-22-20-27(21-23-28)31(26-18-16-25(17-19-26)24-10-4-1-5-11-24)36-38(37,29-12-6-2-7-13-29)30-14-8-3-9-15-30/h1-23,31H,(H,36,37)/t31-/m1/s1. The van der Waals surface area contributed by atoms with E-state index in [4.69, 9.17) is 0 Å². The molecule has 0 unspecified atom stereocenters. The Morgan fingerprint density at radius 3 is 1.37 bits per heavy atom. The third kappa shape index (κ3) is 5.50. The van der Waals surface area contributed by atoms with Gasteiger partial charge >= 0.3 is 6.18 Å². The predicted octanol–water partition coefficient (Wildman–Crippen LogP) is 7.98. The maximum absolute atomic E-state index is 14.8. The lowest BCUT2D eigenvalue weighted by Crippen LogP contribution is -2.31. The molecular weight excluding hydrogens is 502 g/mol. The highest BCUT2D eigenvalue weighted by Gasteiger charge is 2.33. The minimum Gasteiger partial charge on any atom is -0.296 e. The summed E-state index contributed by atoms with van der Waals surface area (Å²) < 4.78 is 54.7. The average molecular weight is 528 g/mol. The fourth-order valence-corrected chi connectivity index (χ4v) is 6.90. The van der Waals surface area contributed by atoms with Gasteiger partial charge in [0.1, 0.15) is 0 Å². The lowest BCUT2D eigenvalue weighted by atomic mass is 9.96. The van der Waals surface area contributed by atoms with Gasteiger partial charge in [0.05, 0.1) is 11.6 Å². The lowest BCUT2D eigenvalue weighted by molar-refractivity contribution is -0.137. The molecule has 0 saturated heterocycles. The minimum absolute atomic E-state index is 0.581. The van der Waals surface area contributed by atoms with E-state index in [1.807, 2.05) is 115 Å². The Bertz CT molecular complexity index is 1480. The van der Waals surface area contributed by atoms with E-state index in [2.05, 4.69) is 5.09 Å². The molecule has 0 aliphatic rings. The summed E-state index contributed by atoms with van der Waals surface area (Å²) in [6.45, 7) is 0. The van der Waals surface area contributed by atoms with E-state index >= 15 is 0 Å². The van der Waals surface area contributed by atoms with E-state index < -0.39 is 25.1 Å². The number of hydrogen-bond donors (Lipinski definition) is 1. The van der Waals surface area contributed by atoms with Crippen LogP contribution in [0.25, 0.3) is 11.1 Å². The topological polar surface area (TPSA) is 29.1 Å². The van der Waals surface area contributed by atoms with Crippen molar-refractivity contribution in [2.24, 2.45) is 0 Å². The zero-order valence-corrected chi connectivity index (χ0v) is 21.2. The van der Waals surface area contributed by atoms with Crippen LogP contribution in [0.4, 0.5) is 13.2 Å². The first-order valence-electron chi connectivity index (χ1n) is 12.2. The molecule has 0 fully saturated rings. The van der Waals surface area contributed by atoms with Gasteiger partial charge in [0, 0.05) is 10.6 Å². The molecule has 5 rings (SSSR count). The summed E-state index contributed by atoms with van der Waals surface area (Å²) >= 11 is 0. The highest BCUT2D eigenvalue weighted by Crippen LogP contribution is 2.44. The lowest BCUT2D eigenvalue weighted by Gasteiger charge is -2.28. The van der Waals surface area contributed by atoms with Gasteiger partial charge in [0.2, 0.25) is 7.29 Å². The summed E-state index contributed by atoms with van der Waals surface area (Å²) in [6.07, 6.45) is -4.44. The van der Waals surface area contributed by atoms with Crippen LogP contribution in [0, 0.1) is 0 Å². The molecule has 0 aliphatic carbocycles. The van der Waals surface area contributed by atoms with Crippen molar-refractivity contribution in [3.05, 3.63) is 156 Å². The molecule has 0 heterocycles. The van der Waals surface area contributed by atoms with Crippen LogP contribution in [0.5, 0.6) is 0 Å². The summed E-state index contributed by atoms with van der Waals surface area (Å²) in [5, 5.41) is 4.62. The first kappa shape index (κ1) is 25.7. The van der Waals surface area contributed by atoms with Crippen molar-refractivity contribution < 1.29 is 17.7 Å². The fourth-order valence-electron chi connectivity index (χ4n) is 4.46.